The number of carboxylic acid groups (broad SMARTS) is 2. The lowest BCUT2D eigenvalue weighted by Crippen LogP contribution is -2.15. The quantitative estimate of drug-likeness (QED) is 0.224. The Morgan fingerprint density at radius 2 is 1.46 bits per heavy atom. The molecule has 9 heteroatoms. The molecule has 4 rings (SSSR count). The highest BCUT2D eigenvalue weighted by Gasteiger charge is 2.17. The van der Waals surface area contributed by atoms with E-state index in [1.165, 1.54) is 18.2 Å². The average molecular weight is 517 g/mol. The normalized spacial score (nSPS) is 9.69. The number of aromatic carboxylic acids is 1. The monoisotopic (exact) mass is 516 g/mol. The molecule has 1 heterocycles. The number of nitrogens with one attached hydrogen (secondary N) is 2. The molecule has 0 atom stereocenters. The number of H-pyrrole nitrogens is 1. The number of carboxylic acids is 2. The molecule has 4 N–H and O–H groups in total. The van der Waals surface area contributed by atoms with E-state index in [0.29, 0.717) is 5.02 Å². The lowest BCUT2D eigenvalue weighted by Gasteiger charge is -2.12. The van der Waals surface area contributed by atoms with E-state index in [4.69, 9.17) is 33.1 Å². The molecule has 0 radical (unpaired) electrons. The molecule has 0 unspecified atom stereocenters. The van der Waals surface area contributed by atoms with Gasteiger partial charge in [0.15, 0.2) is 0 Å². The van der Waals surface area contributed by atoms with Crippen LogP contribution in [-0.2, 0) is 4.79 Å². The zero-order valence-corrected chi connectivity index (χ0v) is 18.7. The molecule has 1 amide bonds. The number of halogens is 2. The molecule has 0 aliphatic heterocycles. The molecule has 0 fully saturated rings. The van der Waals surface area contributed by atoms with Crippen LogP contribution in [-0.4, -0.2) is 33.0 Å². The third-order valence-electron chi connectivity index (χ3n) is 4.56. The van der Waals surface area contributed by atoms with Gasteiger partial charge < -0.3 is 20.5 Å². The Bertz CT molecular complexity index is 1360. The van der Waals surface area contributed by atoms with Gasteiger partial charge in [0, 0.05) is 23.7 Å². The van der Waals surface area contributed by atoms with Gasteiger partial charge in [0.1, 0.15) is 0 Å². The summed E-state index contributed by atoms with van der Waals surface area (Å²) in [5.41, 5.74) is 2.96. The minimum Gasteiger partial charge on any atom is -0.481 e. The number of fused-ring (bicyclic) bond motifs is 1. The van der Waals surface area contributed by atoms with Crippen LogP contribution in [0, 0.1) is 0 Å². The Hall–Kier alpha value is -3.81. The summed E-state index contributed by atoms with van der Waals surface area (Å²) < 4.78 is 0. The molecule has 0 spiro atoms. The van der Waals surface area contributed by atoms with Crippen LogP contribution in [0.1, 0.15) is 42.5 Å². The van der Waals surface area contributed by atoms with Gasteiger partial charge in [-0.1, -0.05) is 50.2 Å². The highest BCUT2D eigenvalue weighted by Crippen LogP contribution is 2.29. The van der Waals surface area contributed by atoms with Crippen molar-refractivity contribution < 1.29 is 24.6 Å². The second-order valence-corrected chi connectivity index (χ2v) is 7.79. The first kappa shape index (κ1) is 29.2. The van der Waals surface area contributed by atoms with Crippen molar-refractivity contribution >= 4 is 57.6 Å². The van der Waals surface area contributed by atoms with Crippen LogP contribution < -0.4 is 5.32 Å². The van der Waals surface area contributed by atoms with Gasteiger partial charge in [0.2, 0.25) is 0 Å². The van der Waals surface area contributed by atoms with Crippen molar-refractivity contribution in [2.24, 2.45) is 0 Å². The fourth-order valence-corrected chi connectivity index (χ4v) is 3.60. The summed E-state index contributed by atoms with van der Waals surface area (Å²) in [6.07, 6.45) is 1.84. The van der Waals surface area contributed by atoms with E-state index in [1.807, 2.05) is 30.5 Å². The number of benzene rings is 3. The molecule has 0 saturated carbocycles. The number of aromatic nitrogens is 1. The maximum atomic E-state index is 12.6. The molecule has 0 saturated heterocycles. The molecular formula is C26H26Cl2N2O5. The van der Waals surface area contributed by atoms with Crippen LogP contribution >= 0.6 is 23.2 Å². The Balaban J connectivity index is 0.000000950. The van der Waals surface area contributed by atoms with Crippen molar-refractivity contribution in [1.29, 1.82) is 0 Å². The van der Waals surface area contributed by atoms with Crippen LogP contribution in [0.3, 0.4) is 0 Å². The Morgan fingerprint density at radius 3 is 2.09 bits per heavy atom. The van der Waals surface area contributed by atoms with E-state index < -0.39 is 17.8 Å². The lowest BCUT2D eigenvalue weighted by molar-refractivity contribution is -0.134. The summed E-state index contributed by atoms with van der Waals surface area (Å²) in [6.45, 7) is 1.08. The summed E-state index contributed by atoms with van der Waals surface area (Å²) in [5, 5.41) is 21.3. The van der Waals surface area contributed by atoms with E-state index in [2.05, 4.69) is 10.3 Å². The largest absolute Gasteiger partial charge is 0.481 e. The van der Waals surface area contributed by atoms with Crippen LogP contribution in [0.25, 0.3) is 22.0 Å². The zero-order valence-electron chi connectivity index (χ0n) is 17.2. The molecular weight excluding hydrogens is 491 g/mol. The Labute approximate surface area is 213 Å². The predicted octanol–water partition coefficient (Wildman–Crippen LogP) is 7.46. The van der Waals surface area contributed by atoms with E-state index in [9.17, 15) is 14.7 Å². The Kier molecular flexibility index (Phi) is 10.5. The smallest absolute Gasteiger partial charge is 0.337 e. The first-order chi connectivity index (χ1) is 15.7. The second-order valence-electron chi connectivity index (χ2n) is 6.94. The maximum Gasteiger partial charge on any atom is 0.337 e. The number of hydrogen-bond donors (Lipinski definition) is 4. The van der Waals surface area contributed by atoms with Gasteiger partial charge in [-0.05, 0) is 65.0 Å². The molecule has 0 bridgehead atoms. The average Bonchev–Trinajstić information content (AvgIpc) is 3.21. The number of anilines is 1. The van der Waals surface area contributed by atoms with Gasteiger partial charge in [-0.15, -0.1) is 0 Å². The summed E-state index contributed by atoms with van der Waals surface area (Å²) in [5.74, 6) is -2.50. The minimum absolute atomic E-state index is 0. The number of aromatic amines is 1. The number of carbonyl (C=O) groups is 3. The zero-order chi connectivity index (χ0) is 24.1. The number of aliphatic carboxylic acids is 1. The number of carbonyl (C=O) groups excluding carboxylic acids is 1. The maximum absolute atomic E-state index is 12.6. The minimum atomic E-state index is -1.15. The summed E-state index contributed by atoms with van der Waals surface area (Å²) in [6, 6.07) is 17.1. The van der Waals surface area contributed by atoms with Crippen LogP contribution in [0.5, 0.6) is 0 Å². The van der Waals surface area contributed by atoms with E-state index in [-0.39, 0.29) is 36.7 Å². The van der Waals surface area contributed by atoms with Gasteiger partial charge in [0.05, 0.1) is 21.8 Å². The van der Waals surface area contributed by atoms with Gasteiger partial charge in [0.25, 0.3) is 11.9 Å². The van der Waals surface area contributed by atoms with Gasteiger partial charge >= 0.3 is 5.97 Å². The molecule has 184 valence electrons. The van der Waals surface area contributed by atoms with Crippen molar-refractivity contribution in [3.05, 3.63) is 88.0 Å². The highest BCUT2D eigenvalue weighted by molar-refractivity contribution is 6.37. The summed E-state index contributed by atoms with van der Waals surface area (Å²) in [4.78, 5) is 36.5. The SMILES string of the molecule is C.C.CC(=O)O.O=C(Nc1ccc(-c2ccc3[nH]ccc3c2)cc1C(=O)O)c1ccc(Cl)cc1Cl. The van der Waals surface area contributed by atoms with E-state index >= 15 is 0 Å². The van der Waals surface area contributed by atoms with Crippen LogP contribution in [0.15, 0.2) is 66.9 Å². The molecule has 7 nitrogen and oxygen atoms in total. The van der Waals surface area contributed by atoms with E-state index in [1.54, 1.807) is 18.2 Å². The third kappa shape index (κ3) is 7.34. The highest BCUT2D eigenvalue weighted by atomic mass is 35.5. The van der Waals surface area contributed by atoms with Crippen molar-refractivity contribution in [2.45, 2.75) is 21.8 Å². The van der Waals surface area contributed by atoms with Gasteiger partial charge in [-0.3, -0.25) is 9.59 Å². The summed E-state index contributed by atoms with van der Waals surface area (Å²) in [7, 11) is 0. The third-order valence-corrected chi connectivity index (χ3v) is 5.11. The van der Waals surface area contributed by atoms with Crippen molar-refractivity contribution in [3.8, 4) is 11.1 Å². The van der Waals surface area contributed by atoms with Gasteiger partial charge in [-0.25, -0.2) is 4.79 Å². The molecule has 4 aromatic rings. The summed E-state index contributed by atoms with van der Waals surface area (Å²) >= 11 is 11.9. The van der Waals surface area contributed by atoms with Crippen molar-refractivity contribution in [2.75, 3.05) is 5.32 Å². The lowest BCUT2D eigenvalue weighted by atomic mass is 10.0. The van der Waals surface area contributed by atoms with Crippen LogP contribution in [0.2, 0.25) is 10.0 Å². The fourth-order valence-electron chi connectivity index (χ4n) is 3.11. The Morgan fingerprint density at radius 1 is 0.829 bits per heavy atom. The molecule has 0 aliphatic rings. The molecule has 35 heavy (non-hydrogen) atoms. The fraction of sp³-hybridized carbons (Fsp3) is 0.115. The topological polar surface area (TPSA) is 119 Å². The van der Waals surface area contributed by atoms with Crippen LogP contribution in [0.4, 0.5) is 5.69 Å². The second kappa shape index (κ2) is 12.6. The number of amides is 1. The van der Waals surface area contributed by atoms with Crippen molar-refractivity contribution in [1.82, 2.24) is 4.98 Å². The number of hydrogen-bond acceptors (Lipinski definition) is 3. The van der Waals surface area contributed by atoms with Gasteiger partial charge in [-0.2, -0.15) is 0 Å². The number of rotatable bonds is 4. The predicted molar refractivity (Wildman–Crippen MR) is 142 cm³/mol. The molecule has 1 aromatic heterocycles. The standard InChI is InChI=1S/C22H14Cl2N2O3.C2H4O2.2CH4/c23-15-3-4-16(18(24)11-15)21(27)26-20-6-2-13(10-17(20)22(28)29)12-1-5-19-14(9-12)7-8-25-19;1-2(3)4;;/h1-11,25H,(H,26,27)(H,28,29);1H3,(H,3,4);2*1H4. The molecule has 0 aliphatic carbocycles. The van der Waals surface area contributed by atoms with Crippen molar-refractivity contribution in [3.63, 3.8) is 0 Å². The van der Waals surface area contributed by atoms with E-state index in [0.717, 1.165) is 29.0 Å². The first-order valence-corrected chi connectivity index (χ1v) is 10.3. The first-order valence-electron chi connectivity index (χ1n) is 9.56. The molecule has 3 aromatic carbocycles.